The van der Waals surface area contributed by atoms with Crippen molar-refractivity contribution in [3.8, 4) is 11.3 Å². The maximum atomic E-state index is 15.2. The summed E-state index contributed by atoms with van der Waals surface area (Å²) in [5.41, 5.74) is 0.306. The number of thiazole rings is 1. The number of aromatic nitrogens is 2. The van der Waals surface area contributed by atoms with Gasteiger partial charge in [-0.1, -0.05) is 45.8 Å². The Bertz CT molecular complexity index is 1640. The predicted octanol–water partition coefficient (Wildman–Crippen LogP) is 7.33. The van der Waals surface area contributed by atoms with Gasteiger partial charge in [0.25, 0.3) is 0 Å². The van der Waals surface area contributed by atoms with E-state index in [1.165, 1.54) is 18.4 Å². The van der Waals surface area contributed by atoms with Crippen molar-refractivity contribution in [2.45, 2.75) is 50.1 Å². The van der Waals surface area contributed by atoms with Crippen LogP contribution in [-0.4, -0.2) is 41.9 Å². The number of carbonyl (C=O) groups excluding carboxylic acids is 1. The zero-order valence-corrected chi connectivity index (χ0v) is 23.6. The van der Waals surface area contributed by atoms with Crippen LogP contribution in [0.1, 0.15) is 47.4 Å². The monoisotopic (exact) mass is 605 g/mol. The van der Waals surface area contributed by atoms with Gasteiger partial charge in [0.15, 0.2) is 22.4 Å². The third-order valence-corrected chi connectivity index (χ3v) is 9.78. The predicted molar refractivity (Wildman–Crippen MR) is 147 cm³/mol. The molecule has 0 unspecified atom stereocenters. The number of carbonyl (C=O) groups is 1. The minimum atomic E-state index is -1.54. The summed E-state index contributed by atoms with van der Waals surface area (Å²) in [7, 11) is 1.26. The number of hydrogen-bond donors (Lipinski definition) is 0. The van der Waals surface area contributed by atoms with E-state index in [9.17, 15) is 9.18 Å². The molecule has 2 bridgehead atoms. The van der Waals surface area contributed by atoms with Gasteiger partial charge in [0.05, 0.1) is 45.7 Å². The lowest BCUT2D eigenvalue weighted by atomic mass is 10.0. The van der Waals surface area contributed by atoms with Crippen LogP contribution in [0.5, 0.6) is 0 Å². The Morgan fingerprint density at radius 2 is 2.02 bits per heavy atom. The number of nitrogens with zero attached hydrogens (tertiary/aromatic N) is 3. The van der Waals surface area contributed by atoms with Gasteiger partial charge in [-0.3, -0.25) is 0 Å². The minimum Gasteiger partial charge on any atom is -0.465 e. The van der Waals surface area contributed by atoms with Gasteiger partial charge in [-0.05, 0) is 49.9 Å². The Balaban J connectivity index is 1.10. The summed E-state index contributed by atoms with van der Waals surface area (Å²) in [4.78, 5) is 18.6. The van der Waals surface area contributed by atoms with Crippen molar-refractivity contribution < 1.29 is 27.6 Å². The van der Waals surface area contributed by atoms with E-state index in [0.717, 1.165) is 18.9 Å². The highest BCUT2D eigenvalue weighted by Crippen LogP contribution is 2.53. The zero-order chi connectivity index (χ0) is 27.8. The van der Waals surface area contributed by atoms with Gasteiger partial charge in [0.1, 0.15) is 11.2 Å². The van der Waals surface area contributed by atoms with E-state index < -0.39 is 17.5 Å². The quantitative estimate of drug-likeness (QED) is 0.204. The molecule has 2 aromatic carbocycles. The lowest BCUT2D eigenvalue weighted by molar-refractivity contribution is 0.0114. The Morgan fingerprint density at radius 1 is 1.25 bits per heavy atom. The standard InChI is InChI=1S/C28H23Cl2F2N3O4S/c1-37-26(36)13-8-19(31)24-21(9-13)40-27(33-24)35-11-14-7-15(35)10-20(14)38-12-16-23(22-17(29)3-2-4-18(22)30)34-39-25(16)28(32)5-6-28/h2-4,8-9,14-15,20H,5-7,10-12H2,1H3/t14-,15-,20+/m0/s1. The van der Waals surface area contributed by atoms with E-state index in [1.54, 1.807) is 24.3 Å². The molecule has 12 heteroatoms. The molecule has 1 saturated heterocycles. The maximum absolute atomic E-state index is 15.2. The second kappa shape index (κ2) is 9.65. The van der Waals surface area contributed by atoms with Crippen LogP contribution in [0.4, 0.5) is 13.9 Å². The molecule has 40 heavy (non-hydrogen) atoms. The third kappa shape index (κ3) is 4.27. The molecule has 7 rings (SSSR count). The number of piperidine rings is 1. The Kier molecular flexibility index (Phi) is 6.30. The molecule has 2 aromatic heterocycles. The minimum absolute atomic E-state index is 0.0506. The van der Waals surface area contributed by atoms with Crippen molar-refractivity contribution in [1.29, 1.82) is 0 Å². The van der Waals surface area contributed by atoms with Gasteiger partial charge in [0, 0.05) is 24.1 Å². The van der Waals surface area contributed by atoms with Crippen LogP contribution in [-0.2, 0) is 21.7 Å². The number of esters is 1. The van der Waals surface area contributed by atoms with Crippen LogP contribution < -0.4 is 4.90 Å². The number of methoxy groups -OCH3 is 1. The second-order valence-electron chi connectivity index (χ2n) is 10.6. The fraction of sp³-hybridized carbons (Fsp3) is 0.393. The molecule has 0 radical (unpaired) electrons. The normalized spacial score (nSPS) is 22.8. The van der Waals surface area contributed by atoms with Gasteiger partial charge >= 0.3 is 5.97 Å². The Morgan fingerprint density at radius 3 is 2.70 bits per heavy atom. The second-order valence-corrected chi connectivity index (χ2v) is 12.4. The third-order valence-electron chi connectivity index (χ3n) is 8.11. The van der Waals surface area contributed by atoms with Crippen LogP contribution in [0.2, 0.25) is 10.0 Å². The molecule has 0 N–H and O–H groups in total. The number of rotatable bonds is 7. The van der Waals surface area contributed by atoms with Gasteiger partial charge in [-0.15, -0.1) is 0 Å². The molecular weight excluding hydrogens is 583 g/mol. The first kappa shape index (κ1) is 26.1. The molecular formula is C28H23Cl2F2N3O4S. The molecule has 2 aliphatic carbocycles. The van der Waals surface area contributed by atoms with Gasteiger partial charge in [-0.25, -0.2) is 18.6 Å². The smallest absolute Gasteiger partial charge is 0.338 e. The van der Waals surface area contributed by atoms with Crippen molar-refractivity contribution >= 4 is 55.9 Å². The van der Waals surface area contributed by atoms with Crippen LogP contribution in [0.15, 0.2) is 34.9 Å². The van der Waals surface area contributed by atoms with Crippen LogP contribution in [0.3, 0.4) is 0 Å². The average Bonchev–Trinajstić information content (AvgIpc) is 3.38. The van der Waals surface area contributed by atoms with Gasteiger partial charge in [0.2, 0.25) is 0 Å². The highest BCUT2D eigenvalue weighted by atomic mass is 35.5. The fourth-order valence-corrected chi connectivity index (χ4v) is 7.60. The first-order valence-electron chi connectivity index (χ1n) is 12.9. The molecule has 4 aromatic rings. The number of fused-ring (bicyclic) bond motifs is 3. The number of benzene rings is 2. The molecule has 3 fully saturated rings. The van der Waals surface area contributed by atoms with E-state index in [0.29, 0.717) is 56.1 Å². The number of ether oxygens (including phenoxy) is 2. The van der Waals surface area contributed by atoms with Crippen molar-refractivity contribution in [2.75, 3.05) is 18.6 Å². The van der Waals surface area contributed by atoms with E-state index in [4.69, 9.17) is 37.2 Å². The lowest BCUT2D eigenvalue weighted by Gasteiger charge is -2.31. The Labute approximate surface area is 242 Å². The molecule has 3 heterocycles. The fourth-order valence-electron chi connectivity index (χ4n) is 5.92. The molecule has 0 spiro atoms. The number of hydrogen-bond acceptors (Lipinski definition) is 8. The average molecular weight is 606 g/mol. The van der Waals surface area contributed by atoms with Gasteiger partial charge in [-0.2, -0.15) is 0 Å². The molecule has 3 atom stereocenters. The molecule has 7 nitrogen and oxygen atoms in total. The van der Waals surface area contributed by atoms with E-state index in [-0.39, 0.29) is 41.5 Å². The summed E-state index contributed by atoms with van der Waals surface area (Å²) in [6.07, 6.45) is 2.35. The molecule has 2 saturated carbocycles. The maximum Gasteiger partial charge on any atom is 0.338 e. The van der Waals surface area contributed by atoms with Crippen molar-refractivity contribution in [3.63, 3.8) is 0 Å². The summed E-state index contributed by atoms with van der Waals surface area (Å²) < 4.78 is 47.1. The van der Waals surface area contributed by atoms with Crippen LogP contribution in [0, 0.1) is 11.7 Å². The van der Waals surface area contributed by atoms with Crippen LogP contribution in [0.25, 0.3) is 21.5 Å². The number of anilines is 1. The first-order valence-corrected chi connectivity index (χ1v) is 14.5. The Hall–Kier alpha value is -2.79. The number of halogens is 4. The lowest BCUT2D eigenvalue weighted by Crippen LogP contribution is -2.38. The topological polar surface area (TPSA) is 77.7 Å². The summed E-state index contributed by atoms with van der Waals surface area (Å²) >= 11 is 14.2. The summed E-state index contributed by atoms with van der Waals surface area (Å²) in [6.45, 7) is 0.825. The highest BCUT2D eigenvalue weighted by Gasteiger charge is 2.52. The van der Waals surface area contributed by atoms with Gasteiger partial charge < -0.3 is 18.9 Å². The van der Waals surface area contributed by atoms with Crippen LogP contribution >= 0.6 is 34.5 Å². The molecule has 208 valence electrons. The SMILES string of the molecule is COC(=O)c1cc(F)c2nc(N3C[C@@H]4C[C@H]3C[C@H]4OCc3c(-c4c(Cl)cccc4Cl)noc3C3(F)CC3)sc2c1. The molecule has 3 aliphatic rings. The van der Waals surface area contributed by atoms with E-state index in [1.807, 2.05) is 0 Å². The first-order chi connectivity index (χ1) is 19.3. The van der Waals surface area contributed by atoms with E-state index >= 15 is 4.39 Å². The highest BCUT2D eigenvalue weighted by molar-refractivity contribution is 7.22. The summed E-state index contributed by atoms with van der Waals surface area (Å²) in [5, 5.41) is 5.69. The summed E-state index contributed by atoms with van der Waals surface area (Å²) in [5.74, 6) is -0.729. The van der Waals surface area contributed by atoms with Crippen molar-refractivity contribution in [2.24, 2.45) is 5.92 Å². The molecule has 0 amide bonds. The van der Waals surface area contributed by atoms with Crippen molar-refractivity contribution in [1.82, 2.24) is 10.1 Å². The van der Waals surface area contributed by atoms with Crippen molar-refractivity contribution in [3.05, 3.63) is 63.1 Å². The number of alkyl halides is 1. The zero-order valence-electron chi connectivity index (χ0n) is 21.3. The molecule has 1 aliphatic heterocycles. The largest absolute Gasteiger partial charge is 0.465 e. The van der Waals surface area contributed by atoms with E-state index in [2.05, 4.69) is 15.0 Å². The summed E-state index contributed by atoms with van der Waals surface area (Å²) in [6, 6.07) is 8.10.